The fraction of sp³-hybridized carbons (Fsp3) is 0.538. The number of hydrogen-bond acceptors (Lipinski definition) is 2. The standard InChI is InChI=1S/C13H19Br2NS/c1-4-12(9-17-3)16(2)13-6-5-11(15)7-10(13)8-14/h5-7,12H,4,8-9H2,1-3H3. The van der Waals surface area contributed by atoms with E-state index in [-0.39, 0.29) is 0 Å². The summed E-state index contributed by atoms with van der Waals surface area (Å²) in [6.45, 7) is 2.25. The molecular formula is C13H19Br2NS. The topological polar surface area (TPSA) is 3.24 Å². The van der Waals surface area contributed by atoms with Crippen molar-refractivity contribution >= 4 is 49.3 Å². The molecule has 1 rings (SSSR count). The highest BCUT2D eigenvalue weighted by Gasteiger charge is 2.15. The van der Waals surface area contributed by atoms with Gasteiger partial charge >= 0.3 is 0 Å². The minimum atomic E-state index is 0.601. The van der Waals surface area contributed by atoms with Crippen molar-refractivity contribution in [2.75, 3.05) is 24.0 Å². The molecule has 0 fully saturated rings. The summed E-state index contributed by atoms with van der Waals surface area (Å²) in [5.41, 5.74) is 2.66. The normalized spacial score (nSPS) is 12.5. The maximum Gasteiger partial charge on any atom is 0.0408 e. The Bertz CT molecular complexity index is 357. The summed E-state index contributed by atoms with van der Waals surface area (Å²) in [6.07, 6.45) is 3.35. The van der Waals surface area contributed by atoms with E-state index in [0.717, 1.165) is 9.80 Å². The van der Waals surface area contributed by atoms with Gasteiger partial charge in [0.05, 0.1) is 0 Å². The van der Waals surface area contributed by atoms with Gasteiger partial charge in [0, 0.05) is 34.3 Å². The first-order chi connectivity index (χ1) is 8.13. The third kappa shape index (κ3) is 4.18. The fourth-order valence-corrected chi connectivity index (χ4v) is 3.60. The van der Waals surface area contributed by atoms with Crippen molar-refractivity contribution in [1.29, 1.82) is 0 Å². The van der Waals surface area contributed by atoms with Crippen LogP contribution in [0.1, 0.15) is 18.9 Å². The third-order valence-electron chi connectivity index (χ3n) is 2.94. The Morgan fingerprint density at radius 2 is 2.12 bits per heavy atom. The molecule has 0 saturated carbocycles. The van der Waals surface area contributed by atoms with E-state index < -0.39 is 0 Å². The molecule has 0 heterocycles. The van der Waals surface area contributed by atoms with E-state index in [4.69, 9.17) is 0 Å². The molecule has 0 N–H and O–H groups in total. The number of alkyl halides is 1. The van der Waals surface area contributed by atoms with Crippen LogP contribution in [0, 0.1) is 0 Å². The first-order valence-corrected chi connectivity index (χ1v) is 9.01. The van der Waals surface area contributed by atoms with Crippen LogP contribution in [0.15, 0.2) is 22.7 Å². The van der Waals surface area contributed by atoms with Crippen molar-refractivity contribution in [2.24, 2.45) is 0 Å². The molecule has 0 radical (unpaired) electrons. The maximum absolute atomic E-state index is 3.57. The van der Waals surface area contributed by atoms with Crippen molar-refractivity contribution in [3.05, 3.63) is 28.2 Å². The average molecular weight is 381 g/mol. The Morgan fingerprint density at radius 1 is 1.41 bits per heavy atom. The Morgan fingerprint density at radius 3 is 2.65 bits per heavy atom. The van der Waals surface area contributed by atoms with Gasteiger partial charge in [-0.2, -0.15) is 11.8 Å². The van der Waals surface area contributed by atoms with E-state index in [0.29, 0.717) is 6.04 Å². The van der Waals surface area contributed by atoms with Crippen LogP contribution in [0.4, 0.5) is 5.69 Å². The van der Waals surface area contributed by atoms with Crippen LogP contribution in [0.5, 0.6) is 0 Å². The predicted octanol–water partition coefficient (Wildman–Crippen LogP) is 4.92. The van der Waals surface area contributed by atoms with Gasteiger partial charge in [-0.1, -0.05) is 38.8 Å². The SMILES string of the molecule is CCC(CSC)N(C)c1ccc(Br)cc1CBr. The molecule has 0 aromatic heterocycles. The van der Waals surface area contributed by atoms with Crippen molar-refractivity contribution in [3.63, 3.8) is 0 Å². The van der Waals surface area contributed by atoms with Crippen LogP contribution in [-0.2, 0) is 5.33 Å². The molecule has 4 heteroatoms. The van der Waals surface area contributed by atoms with E-state index in [1.165, 1.54) is 23.4 Å². The lowest BCUT2D eigenvalue weighted by molar-refractivity contribution is 0.671. The Hall–Kier alpha value is 0.330. The molecular weight excluding hydrogens is 362 g/mol. The molecule has 0 saturated heterocycles. The quantitative estimate of drug-likeness (QED) is 0.644. The highest BCUT2D eigenvalue weighted by Crippen LogP contribution is 2.28. The number of halogens is 2. The zero-order chi connectivity index (χ0) is 12.8. The lowest BCUT2D eigenvalue weighted by Gasteiger charge is -2.30. The van der Waals surface area contributed by atoms with E-state index in [9.17, 15) is 0 Å². The molecule has 1 aromatic carbocycles. The summed E-state index contributed by atoms with van der Waals surface area (Å²) in [4.78, 5) is 2.40. The first-order valence-electron chi connectivity index (χ1n) is 5.70. The van der Waals surface area contributed by atoms with Crippen LogP contribution in [-0.4, -0.2) is 25.1 Å². The van der Waals surface area contributed by atoms with Gasteiger partial charge in [-0.3, -0.25) is 0 Å². The van der Waals surface area contributed by atoms with Gasteiger partial charge in [-0.05, 0) is 36.4 Å². The van der Waals surface area contributed by atoms with E-state index in [2.05, 4.69) is 75.2 Å². The second-order valence-electron chi connectivity index (χ2n) is 4.03. The van der Waals surface area contributed by atoms with Crippen LogP contribution in [0.25, 0.3) is 0 Å². The largest absolute Gasteiger partial charge is 0.371 e. The van der Waals surface area contributed by atoms with Crippen LogP contribution in [0.3, 0.4) is 0 Å². The van der Waals surface area contributed by atoms with Gasteiger partial charge in [0.1, 0.15) is 0 Å². The molecule has 0 aliphatic carbocycles. The number of anilines is 1. The Labute approximate surface area is 126 Å². The molecule has 1 unspecified atom stereocenters. The summed E-state index contributed by atoms with van der Waals surface area (Å²) < 4.78 is 1.14. The van der Waals surface area contributed by atoms with E-state index >= 15 is 0 Å². The first kappa shape index (κ1) is 15.4. The fourth-order valence-electron chi connectivity index (χ4n) is 1.90. The summed E-state index contributed by atoms with van der Waals surface area (Å²) in [7, 11) is 2.19. The van der Waals surface area contributed by atoms with Crippen molar-refractivity contribution in [3.8, 4) is 0 Å². The van der Waals surface area contributed by atoms with Crippen LogP contribution >= 0.6 is 43.6 Å². The molecule has 17 heavy (non-hydrogen) atoms. The van der Waals surface area contributed by atoms with Gasteiger partial charge in [-0.15, -0.1) is 0 Å². The number of nitrogens with zero attached hydrogens (tertiary/aromatic N) is 1. The highest BCUT2D eigenvalue weighted by atomic mass is 79.9. The second-order valence-corrected chi connectivity index (χ2v) is 6.42. The smallest absolute Gasteiger partial charge is 0.0408 e. The second kappa shape index (κ2) is 7.70. The molecule has 0 spiro atoms. The number of thioether (sulfide) groups is 1. The zero-order valence-corrected chi connectivity index (χ0v) is 14.5. The van der Waals surface area contributed by atoms with Crippen molar-refractivity contribution in [1.82, 2.24) is 0 Å². The lowest BCUT2D eigenvalue weighted by atomic mass is 10.1. The van der Waals surface area contributed by atoms with E-state index in [1.54, 1.807) is 0 Å². The monoisotopic (exact) mass is 379 g/mol. The molecule has 0 aliphatic rings. The lowest BCUT2D eigenvalue weighted by Crippen LogP contribution is -2.33. The summed E-state index contributed by atoms with van der Waals surface area (Å²) in [5, 5.41) is 0.891. The summed E-state index contributed by atoms with van der Waals surface area (Å²) in [6, 6.07) is 7.10. The van der Waals surface area contributed by atoms with Crippen molar-refractivity contribution < 1.29 is 0 Å². The van der Waals surface area contributed by atoms with Crippen molar-refractivity contribution in [2.45, 2.75) is 24.7 Å². The Kier molecular flexibility index (Phi) is 6.97. The number of benzene rings is 1. The van der Waals surface area contributed by atoms with Gasteiger partial charge in [0.15, 0.2) is 0 Å². The van der Waals surface area contributed by atoms with Gasteiger partial charge in [-0.25, -0.2) is 0 Å². The average Bonchev–Trinajstić information content (AvgIpc) is 2.34. The molecule has 1 atom stereocenters. The van der Waals surface area contributed by atoms with Crippen LogP contribution in [0.2, 0.25) is 0 Å². The molecule has 0 aliphatic heterocycles. The Balaban J connectivity index is 2.97. The minimum Gasteiger partial charge on any atom is -0.371 e. The maximum atomic E-state index is 3.57. The molecule has 0 amide bonds. The highest BCUT2D eigenvalue weighted by molar-refractivity contribution is 9.10. The summed E-state index contributed by atoms with van der Waals surface area (Å²) in [5.74, 6) is 1.17. The third-order valence-corrected chi connectivity index (χ3v) is 4.76. The molecule has 0 bridgehead atoms. The van der Waals surface area contributed by atoms with Gasteiger partial charge in [0.25, 0.3) is 0 Å². The predicted molar refractivity (Wildman–Crippen MR) is 87.6 cm³/mol. The summed E-state index contributed by atoms with van der Waals surface area (Å²) >= 11 is 9.01. The molecule has 96 valence electrons. The zero-order valence-electron chi connectivity index (χ0n) is 10.5. The van der Waals surface area contributed by atoms with E-state index in [1.807, 2.05) is 11.8 Å². The van der Waals surface area contributed by atoms with Crippen LogP contribution < -0.4 is 4.90 Å². The van der Waals surface area contributed by atoms with Gasteiger partial charge < -0.3 is 4.90 Å². The molecule has 1 aromatic rings. The number of hydrogen-bond donors (Lipinski definition) is 0. The molecule has 1 nitrogen and oxygen atoms in total. The minimum absolute atomic E-state index is 0.601. The number of rotatable bonds is 6. The van der Waals surface area contributed by atoms with Gasteiger partial charge in [0.2, 0.25) is 0 Å².